The summed E-state index contributed by atoms with van der Waals surface area (Å²) in [5, 5.41) is 6.93. The van der Waals surface area contributed by atoms with Crippen LogP contribution >= 0.6 is 0 Å². The minimum Gasteiger partial charge on any atom is -0.361 e. The molecular weight excluding hydrogens is 388 g/mol. The third-order valence-electron chi connectivity index (χ3n) is 6.76. The Morgan fingerprint density at radius 3 is 2.71 bits per heavy atom. The van der Waals surface area contributed by atoms with Crippen LogP contribution in [0, 0.1) is 0 Å². The summed E-state index contributed by atoms with van der Waals surface area (Å²) >= 11 is 0. The third kappa shape index (κ3) is 4.08. The fourth-order valence-corrected chi connectivity index (χ4v) is 5.17. The van der Waals surface area contributed by atoms with E-state index in [0.29, 0.717) is 17.2 Å². The van der Waals surface area contributed by atoms with Crippen molar-refractivity contribution in [2.24, 2.45) is 0 Å². The maximum atomic E-state index is 12.5. The van der Waals surface area contributed by atoms with E-state index in [-0.39, 0.29) is 11.8 Å². The number of carbonyl (C=O) groups excluding carboxylic acids is 2. The molecule has 2 saturated heterocycles. The van der Waals surface area contributed by atoms with Crippen LogP contribution in [-0.2, 0) is 0 Å². The van der Waals surface area contributed by atoms with Crippen LogP contribution in [0.15, 0.2) is 48.7 Å². The number of Topliss-reactive ketones (excluding diaryl/α,β-unsaturated/α-hetero) is 1. The molecule has 6 nitrogen and oxygen atoms in total. The largest absolute Gasteiger partial charge is 0.361 e. The summed E-state index contributed by atoms with van der Waals surface area (Å²) in [5.41, 5.74) is 4.39. The first kappa shape index (κ1) is 19.8. The van der Waals surface area contributed by atoms with Crippen LogP contribution in [0.2, 0.25) is 0 Å². The number of anilines is 2. The summed E-state index contributed by atoms with van der Waals surface area (Å²) in [6, 6.07) is 13.4. The Balaban J connectivity index is 1.31. The first-order valence-electron chi connectivity index (χ1n) is 11.1. The Morgan fingerprint density at radius 1 is 1.03 bits per heavy atom. The molecule has 2 fully saturated rings. The first-order chi connectivity index (χ1) is 15.1. The lowest BCUT2D eigenvalue weighted by Gasteiger charge is -2.34. The Kier molecular flexibility index (Phi) is 5.24. The predicted molar refractivity (Wildman–Crippen MR) is 124 cm³/mol. The summed E-state index contributed by atoms with van der Waals surface area (Å²) in [6.45, 7) is 3.95. The summed E-state index contributed by atoms with van der Waals surface area (Å²) in [4.78, 5) is 30.1. The Morgan fingerprint density at radius 2 is 1.87 bits per heavy atom. The molecule has 0 aliphatic carbocycles. The summed E-state index contributed by atoms with van der Waals surface area (Å²) in [6.07, 6.45) is 7.20. The van der Waals surface area contributed by atoms with Gasteiger partial charge in [0.1, 0.15) is 0 Å². The molecule has 2 aliphatic heterocycles. The monoisotopic (exact) mass is 416 g/mol. The smallest absolute Gasteiger partial charge is 0.323 e. The standard InChI is InChI=1S/C25H28N4O2/c1-16(30)17-4-2-5-19(12-17)27-25(31)28-20-7-8-24-22(14-20)23(15-26-24)18-9-11-29-10-3-6-21(29)13-18/h2,4-5,7-8,12,14-15,18,21,26H,3,6,9-11,13H2,1H3,(H2,27,28,31). The second-order valence-electron chi connectivity index (χ2n) is 8.77. The number of nitrogens with zero attached hydrogens (tertiary/aromatic N) is 1. The number of ketones is 1. The Hall–Kier alpha value is -3.12. The van der Waals surface area contributed by atoms with Gasteiger partial charge < -0.3 is 20.5 Å². The van der Waals surface area contributed by atoms with Gasteiger partial charge in [-0.3, -0.25) is 4.79 Å². The number of benzene rings is 2. The summed E-state index contributed by atoms with van der Waals surface area (Å²) in [5.74, 6) is 0.532. The van der Waals surface area contributed by atoms with E-state index in [2.05, 4.69) is 32.8 Å². The molecule has 3 heterocycles. The van der Waals surface area contributed by atoms with Gasteiger partial charge in [0.05, 0.1) is 0 Å². The average Bonchev–Trinajstić information content (AvgIpc) is 3.39. The van der Waals surface area contributed by atoms with Crippen LogP contribution in [0.3, 0.4) is 0 Å². The van der Waals surface area contributed by atoms with E-state index in [1.807, 2.05) is 12.1 Å². The lowest BCUT2D eigenvalue weighted by molar-refractivity contribution is 0.101. The van der Waals surface area contributed by atoms with Crippen molar-refractivity contribution in [1.82, 2.24) is 9.88 Å². The lowest BCUT2D eigenvalue weighted by Crippen LogP contribution is -2.37. The maximum Gasteiger partial charge on any atom is 0.323 e. The highest BCUT2D eigenvalue weighted by Crippen LogP contribution is 2.39. The number of H-pyrrole nitrogens is 1. The summed E-state index contributed by atoms with van der Waals surface area (Å²) < 4.78 is 0. The molecule has 1 aromatic heterocycles. The maximum absolute atomic E-state index is 12.5. The minimum atomic E-state index is -0.323. The van der Waals surface area contributed by atoms with Gasteiger partial charge in [-0.25, -0.2) is 4.79 Å². The van der Waals surface area contributed by atoms with Crippen molar-refractivity contribution < 1.29 is 9.59 Å². The van der Waals surface area contributed by atoms with Crippen molar-refractivity contribution in [2.75, 3.05) is 23.7 Å². The zero-order valence-electron chi connectivity index (χ0n) is 17.8. The normalized spacial score (nSPS) is 21.1. The minimum absolute atomic E-state index is 0.0297. The Labute approximate surface area is 182 Å². The van der Waals surface area contributed by atoms with Crippen LogP contribution < -0.4 is 10.6 Å². The molecule has 2 amide bonds. The number of piperidine rings is 1. The van der Waals surface area contributed by atoms with Crippen molar-refractivity contribution in [3.8, 4) is 0 Å². The van der Waals surface area contributed by atoms with Gasteiger partial charge in [0.25, 0.3) is 0 Å². The number of urea groups is 1. The topological polar surface area (TPSA) is 77.2 Å². The van der Waals surface area contributed by atoms with Crippen molar-refractivity contribution in [3.05, 3.63) is 59.8 Å². The molecule has 2 aliphatic rings. The average molecular weight is 417 g/mol. The van der Waals surface area contributed by atoms with E-state index >= 15 is 0 Å². The molecule has 0 radical (unpaired) electrons. The molecule has 3 aromatic rings. The molecule has 5 rings (SSSR count). The molecule has 2 atom stereocenters. The number of fused-ring (bicyclic) bond motifs is 2. The lowest BCUT2D eigenvalue weighted by atomic mass is 9.85. The number of aromatic nitrogens is 1. The van der Waals surface area contributed by atoms with Crippen LogP contribution in [0.1, 0.15) is 54.4 Å². The second-order valence-corrected chi connectivity index (χ2v) is 8.77. The Bertz CT molecular complexity index is 1140. The molecule has 2 unspecified atom stereocenters. The molecule has 0 bridgehead atoms. The van der Waals surface area contributed by atoms with Crippen LogP contribution in [-0.4, -0.2) is 40.8 Å². The number of amides is 2. The molecule has 6 heteroatoms. The molecule has 2 aromatic carbocycles. The van der Waals surface area contributed by atoms with Crippen molar-refractivity contribution in [1.29, 1.82) is 0 Å². The van der Waals surface area contributed by atoms with Gasteiger partial charge >= 0.3 is 6.03 Å². The second kappa shape index (κ2) is 8.19. The van der Waals surface area contributed by atoms with Gasteiger partial charge in [0.2, 0.25) is 0 Å². The SMILES string of the molecule is CC(=O)c1cccc(NC(=O)Nc2ccc3[nH]cc(C4CCN5CCCC5C4)c3c2)c1. The van der Waals surface area contributed by atoms with Crippen LogP contribution in [0.25, 0.3) is 10.9 Å². The van der Waals surface area contributed by atoms with Gasteiger partial charge in [-0.1, -0.05) is 12.1 Å². The number of rotatable bonds is 4. The predicted octanol–water partition coefficient (Wildman–Crippen LogP) is 5.36. The van der Waals surface area contributed by atoms with E-state index in [4.69, 9.17) is 0 Å². The highest BCUT2D eigenvalue weighted by Gasteiger charge is 2.33. The molecule has 160 valence electrons. The van der Waals surface area contributed by atoms with E-state index in [1.54, 1.807) is 24.3 Å². The highest BCUT2D eigenvalue weighted by molar-refractivity contribution is 6.02. The highest BCUT2D eigenvalue weighted by atomic mass is 16.2. The van der Waals surface area contributed by atoms with Crippen molar-refractivity contribution in [2.45, 2.75) is 44.6 Å². The third-order valence-corrected chi connectivity index (χ3v) is 6.76. The number of aromatic amines is 1. The molecule has 3 N–H and O–H groups in total. The number of carbonyl (C=O) groups is 2. The molecular formula is C25H28N4O2. The van der Waals surface area contributed by atoms with E-state index in [0.717, 1.165) is 17.2 Å². The zero-order chi connectivity index (χ0) is 21.4. The van der Waals surface area contributed by atoms with Crippen molar-refractivity contribution >= 4 is 34.1 Å². The quantitative estimate of drug-likeness (QED) is 0.501. The van der Waals surface area contributed by atoms with Crippen LogP contribution in [0.4, 0.5) is 16.2 Å². The fourth-order valence-electron chi connectivity index (χ4n) is 5.17. The van der Waals surface area contributed by atoms with Gasteiger partial charge in [0.15, 0.2) is 5.78 Å². The number of hydrogen-bond acceptors (Lipinski definition) is 3. The van der Waals surface area contributed by atoms with E-state index in [9.17, 15) is 9.59 Å². The van der Waals surface area contributed by atoms with Crippen molar-refractivity contribution in [3.63, 3.8) is 0 Å². The van der Waals surface area contributed by atoms with Gasteiger partial charge in [-0.15, -0.1) is 0 Å². The van der Waals surface area contributed by atoms with E-state index < -0.39 is 0 Å². The van der Waals surface area contributed by atoms with Gasteiger partial charge in [-0.2, -0.15) is 0 Å². The number of nitrogens with one attached hydrogen (secondary N) is 3. The van der Waals surface area contributed by atoms with Gasteiger partial charge in [-0.05, 0) is 87.5 Å². The molecule has 31 heavy (non-hydrogen) atoms. The van der Waals surface area contributed by atoms with Crippen LogP contribution in [0.5, 0.6) is 0 Å². The molecule has 0 saturated carbocycles. The van der Waals surface area contributed by atoms with Gasteiger partial charge in [0, 0.05) is 40.1 Å². The number of hydrogen-bond donors (Lipinski definition) is 3. The molecule has 0 spiro atoms. The zero-order valence-corrected chi connectivity index (χ0v) is 17.8. The summed E-state index contributed by atoms with van der Waals surface area (Å²) in [7, 11) is 0. The fraction of sp³-hybridized carbons (Fsp3) is 0.360. The first-order valence-corrected chi connectivity index (χ1v) is 11.1. The van der Waals surface area contributed by atoms with E-state index in [1.165, 1.54) is 56.6 Å².